The molecule has 1 aliphatic carbocycles. The predicted molar refractivity (Wildman–Crippen MR) is 118 cm³/mol. The largest absolute Gasteiger partial charge is 0.489 e. The molecule has 1 N–H and O–H groups in total. The Hall–Kier alpha value is -2.86. The lowest BCUT2D eigenvalue weighted by Gasteiger charge is -2.31. The molecule has 0 unspecified atom stereocenters. The third-order valence-corrected chi connectivity index (χ3v) is 6.24. The molecule has 7 heteroatoms. The second-order valence-electron chi connectivity index (χ2n) is 8.37. The molecule has 5 rings (SSSR count). The van der Waals surface area contributed by atoms with Gasteiger partial charge in [-0.15, -0.1) is 0 Å². The van der Waals surface area contributed by atoms with Crippen LogP contribution in [0.1, 0.15) is 65.1 Å². The molecular formula is C24H25ClN4O2. The Labute approximate surface area is 186 Å². The molecule has 2 aromatic carbocycles. The van der Waals surface area contributed by atoms with Crippen molar-refractivity contribution < 1.29 is 9.53 Å². The van der Waals surface area contributed by atoms with Gasteiger partial charge in [-0.2, -0.15) is 5.10 Å². The summed E-state index contributed by atoms with van der Waals surface area (Å²) in [4.78, 5) is 19.6. The van der Waals surface area contributed by atoms with E-state index >= 15 is 0 Å². The van der Waals surface area contributed by atoms with Gasteiger partial charge in [0.25, 0.3) is 5.91 Å². The number of H-pyrrole nitrogens is 1. The van der Waals surface area contributed by atoms with Crippen molar-refractivity contribution in [2.24, 2.45) is 0 Å². The summed E-state index contributed by atoms with van der Waals surface area (Å²) in [5, 5.41) is 8.18. The van der Waals surface area contributed by atoms with E-state index in [2.05, 4.69) is 10.2 Å². The number of carbonyl (C=O) groups is 1. The van der Waals surface area contributed by atoms with Crippen LogP contribution in [0.15, 0.2) is 48.5 Å². The van der Waals surface area contributed by atoms with Crippen LogP contribution in [-0.2, 0) is 6.61 Å². The SMILES string of the molecule is O=C(c1cccc(OCc2cccc(Cl)c2)c1)N1CCC(c2nc(C3CC3)n[nH]2)CC1. The van der Waals surface area contributed by atoms with E-state index in [9.17, 15) is 4.79 Å². The molecule has 6 nitrogen and oxygen atoms in total. The molecule has 1 amide bonds. The normalized spacial score (nSPS) is 17.0. The summed E-state index contributed by atoms with van der Waals surface area (Å²) in [6, 6.07) is 15.0. The lowest BCUT2D eigenvalue weighted by molar-refractivity contribution is 0.0710. The minimum absolute atomic E-state index is 0.0443. The Morgan fingerprint density at radius 1 is 1.06 bits per heavy atom. The molecule has 0 atom stereocenters. The minimum atomic E-state index is 0.0443. The van der Waals surface area contributed by atoms with Crippen LogP contribution in [0.5, 0.6) is 5.75 Å². The van der Waals surface area contributed by atoms with E-state index in [4.69, 9.17) is 21.3 Å². The van der Waals surface area contributed by atoms with Gasteiger partial charge in [0.15, 0.2) is 5.82 Å². The first kappa shape index (κ1) is 20.1. The Balaban J connectivity index is 1.18. The first-order valence-corrected chi connectivity index (χ1v) is 11.2. The van der Waals surface area contributed by atoms with E-state index in [1.54, 1.807) is 0 Å². The van der Waals surface area contributed by atoms with Gasteiger partial charge in [-0.25, -0.2) is 4.98 Å². The highest BCUT2D eigenvalue weighted by molar-refractivity contribution is 6.30. The van der Waals surface area contributed by atoms with E-state index in [0.717, 1.165) is 43.1 Å². The lowest BCUT2D eigenvalue weighted by Crippen LogP contribution is -2.38. The van der Waals surface area contributed by atoms with Crippen LogP contribution in [-0.4, -0.2) is 39.1 Å². The number of ether oxygens (including phenoxy) is 1. The first-order chi connectivity index (χ1) is 15.2. The molecule has 0 spiro atoms. The molecule has 160 valence electrons. The van der Waals surface area contributed by atoms with Gasteiger partial charge >= 0.3 is 0 Å². The predicted octanol–water partition coefficient (Wildman–Crippen LogP) is 4.93. The number of hydrogen-bond donors (Lipinski definition) is 1. The van der Waals surface area contributed by atoms with Crippen molar-refractivity contribution in [1.29, 1.82) is 0 Å². The number of likely N-dealkylation sites (tertiary alicyclic amines) is 1. The van der Waals surface area contributed by atoms with Crippen LogP contribution in [0.4, 0.5) is 0 Å². The van der Waals surface area contributed by atoms with Crippen LogP contribution in [0.2, 0.25) is 5.02 Å². The molecule has 0 radical (unpaired) electrons. The number of nitrogens with zero attached hydrogens (tertiary/aromatic N) is 3. The fraction of sp³-hybridized carbons (Fsp3) is 0.375. The summed E-state index contributed by atoms with van der Waals surface area (Å²) < 4.78 is 5.88. The number of amides is 1. The maximum atomic E-state index is 13.0. The van der Waals surface area contributed by atoms with Crippen LogP contribution >= 0.6 is 11.6 Å². The smallest absolute Gasteiger partial charge is 0.253 e. The van der Waals surface area contributed by atoms with Crippen LogP contribution in [0, 0.1) is 0 Å². The highest BCUT2D eigenvalue weighted by Gasteiger charge is 2.31. The second-order valence-corrected chi connectivity index (χ2v) is 8.80. The van der Waals surface area contributed by atoms with Crippen LogP contribution in [0.3, 0.4) is 0 Å². The summed E-state index contributed by atoms with van der Waals surface area (Å²) in [5.41, 5.74) is 1.64. The van der Waals surface area contributed by atoms with Gasteiger partial charge in [-0.05, 0) is 61.6 Å². The third kappa shape index (κ3) is 4.74. The minimum Gasteiger partial charge on any atom is -0.489 e. The maximum absolute atomic E-state index is 13.0. The number of piperidine rings is 1. The third-order valence-electron chi connectivity index (χ3n) is 6.01. The summed E-state index contributed by atoms with van der Waals surface area (Å²) in [6.07, 6.45) is 4.20. The number of nitrogens with one attached hydrogen (secondary N) is 1. The Kier molecular flexibility index (Phi) is 5.64. The highest BCUT2D eigenvalue weighted by atomic mass is 35.5. The van der Waals surface area contributed by atoms with E-state index < -0.39 is 0 Å². The standard InChI is InChI=1S/C24H25ClN4O2/c25-20-5-1-3-16(13-20)15-31-21-6-2-4-19(14-21)24(30)29-11-9-18(10-12-29)23-26-22(27-28-23)17-7-8-17/h1-6,13-14,17-18H,7-12,15H2,(H,26,27,28). The Morgan fingerprint density at radius 3 is 2.65 bits per heavy atom. The number of halogens is 1. The summed E-state index contributed by atoms with van der Waals surface area (Å²) in [6.45, 7) is 1.84. The molecular weight excluding hydrogens is 412 g/mol. The molecule has 1 saturated heterocycles. The summed E-state index contributed by atoms with van der Waals surface area (Å²) in [7, 11) is 0. The zero-order valence-electron chi connectivity index (χ0n) is 17.3. The average Bonchev–Trinajstić information content (AvgIpc) is 3.54. The number of aromatic amines is 1. The van der Waals surface area contributed by atoms with Crippen LogP contribution < -0.4 is 4.74 Å². The van der Waals surface area contributed by atoms with E-state index in [1.165, 1.54) is 12.8 Å². The quantitative estimate of drug-likeness (QED) is 0.594. The van der Waals surface area contributed by atoms with E-state index in [1.807, 2.05) is 53.4 Å². The van der Waals surface area contributed by atoms with E-state index in [0.29, 0.717) is 34.8 Å². The second kappa shape index (κ2) is 8.71. The van der Waals surface area contributed by atoms with Gasteiger partial charge in [-0.1, -0.05) is 29.8 Å². The van der Waals surface area contributed by atoms with Crippen molar-refractivity contribution in [1.82, 2.24) is 20.1 Å². The molecule has 1 aliphatic heterocycles. The van der Waals surface area contributed by atoms with Crippen molar-refractivity contribution in [2.45, 2.75) is 44.1 Å². The topological polar surface area (TPSA) is 71.1 Å². The lowest BCUT2D eigenvalue weighted by atomic mass is 9.95. The van der Waals surface area contributed by atoms with Crippen molar-refractivity contribution in [2.75, 3.05) is 13.1 Å². The number of rotatable bonds is 6. The van der Waals surface area contributed by atoms with E-state index in [-0.39, 0.29) is 5.91 Å². The summed E-state index contributed by atoms with van der Waals surface area (Å²) >= 11 is 6.03. The van der Waals surface area contributed by atoms with Gasteiger partial charge in [0.1, 0.15) is 18.2 Å². The van der Waals surface area contributed by atoms with Gasteiger partial charge < -0.3 is 9.64 Å². The Morgan fingerprint density at radius 2 is 1.87 bits per heavy atom. The number of benzene rings is 2. The fourth-order valence-electron chi connectivity index (χ4n) is 4.05. The Bertz CT molecular complexity index is 1070. The average molecular weight is 437 g/mol. The number of hydrogen-bond acceptors (Lipinski definition) is 4. The molecule has 31 heavy (non-hydrogen) atoms. The highest BCUT2D eigenvalue weighted by Crippen LogP contribution is 2.38. The monoisotopic (exact) mass is 436 g/mol. The molecule has 2 aliphatic rings. The number of carbonyl (C=O) groups excluding carboxylic acids is 1. The van der Waals surface area contributed by atoms with Crippen molar-refractivity contribution in [3.8, 4) is 5.75 Å². The van der Waals surface area contributed by atoms with Gasteiger partial charge in [0.2, 0.25) is 0 Å². The zero-order chi connectivity index (χ0) is 21.2. The molecule has 0 bridgehead atoms. The van der Waals surface area contributed by atoms with Crippen molar-refractivity contribution in [3.05, 3.63) is 76.3 Å². The van der Waals surface area contributed by atoms with Gasteiger partial charge in [0.05, 0.1) is 0 Å². The van der Waals surface area contributed by atoms with Crippen molar-refractivity contribution >= 4 is 17.5 Å². The molecule has 1 saturated carbocycles. The first-order valence-electron chi connectivity index (χ1n) is 10.8. The van der Waals surface area contributed by atoms with Crippen molar-refractivity contribution in [3.63, 3.8) is 0 Å². The van der Waals surface area contributed by atoms with Gasteiger partial charge in [0, 0.05) is 35.5 Å². The molecule has 3 aromatic rings. The number of aromatic nitrogens is 3. The fourth-order valence-corrected chi connectivity index (χ4v) is 4.26. The zero-order valence-corrected chi connectivity index (χ0v) is 18.0. The van der Waals surface area contributed by atoms with Gasteiger partial charge in [-0.3, -0.25) is 9.89 Å². The molecule has 1 aromatic heterocycles. The maximum Gasteiger partial charge on any atom is 0.253 e. The summed E-state index contributed by atoms with van der Waals surface area (Å²) in [5.74, 6) is 3.56. The molecule has 2 heterocycles. The molecule has 2 fully saturated rings. The van der Waals surface area contributed by atoms with Crippen LogP contribution in [0.25, 0.3) is 0 Å².